The molecule has 2 aromatic heterocycles. The number of aromatic nitrogens is 2. The van der Waals surface area contributed by atoms with E-state index in [1.807, 2.05) is 19.9 Å². The number of hydrogen-bond donors (Lipinski definition) is 1. The molecule has 1 saturated carbocycles. The van der Waals surface area contributed by atoms with Gasteiger partial charge >= 0.3 is 0 Å². The lowest BCUT2D eigenvalue weighted by molar-refractivity contribution is 0.222. The summed E-state index contributed by atoms with van der Waals surface area (Å²) in [5.41, 5.74) is 6.90. The van der Waals surface area contributed by atoms with Gasteiger partial charge in [-0.1, -0.05) is 24.9 Å². The monoisotopic (exact) mass is 275 g/mol. The molecule has 5 nitrogen and oxygen atoms in total. The minimum absolute atomic E-state index is 0.452. The fraction of sp³-hybridized carbons (Fsp3) is 0.600. The van der Waals surface area contributed by atoms with Crippen molar-refractivity contribution in [2.75, 3.05) is 0 Å². The SMILES string of the molecule is Cc1cc(-c2nc(C3(N)CCCC(C)C3)no2)c(C)o1. The van der Waals surface area contributed by atoms with Crippen molar-refractivity contribution in [3.8, 4) is 11.5 Å². The Bertz CT molecular complexity index is 616. The standard InChI is InChI=1S/C15H21N3O2/c1-9-5-4-6-15(16,8-9)14-17-13(20-18-14)12-7-10(2)19-11(12)3/h7,9H,4-6,8,16H2,1-3H3. The van der Waals surface area contributed by atoms with E-state index in [9.17, 15) is 0 Å². The molecule has 2 atom stereocenters. The molecule has 5 heteroatoms. The predicted molar refractivity (Wildman–Crippen MR) is 75.0 cm³/mol. The maximum absolute atomic E-state index is 6.50. The third-order valence-corrected chi connectivity index (χ3v) is 4.18. The van der Waals surface area contributed by atoms with E-state index in [1.165, 1.54) is 6.42 Å². The van der Waals surface area contributed by atoms with Crippen LogP contribution in [0.1, 0.15) is 50.0 Å². The van der Waals surface area contributed by atoms with E-state index in [2.05, 4.69) is 17.1 Å². The van der Waals surface area contributed by atoms with E-state index >= 15 is 0 Å². The number of furan rings is 1. The Morgan fingerprint density at radius 2 is 2.20 bits per heavy atom. The number of hydrogen-bond acceptors (Lipinski definition) is 5. The van der Waals surface area contributed by atoms with Gasteiger partial charge in [-0.3, -0.25) is 0 Å². The average Bonchev–Trinajstić information content (AvgIpc) is 2.95. The second-order valence-electron chi connectivity index (χ2n) is 6.11. The lowest BCUT2D eigenvalue weighted by atomic mass is 9.76. The molecule has 2 heterocycles. The van der Waals surface area contributed by atoms with Crippen molar-refractivity contribution in [3.63, 3.8) is 0 Å². The largest absolute Gasteiger partial charge is 0.466 e. The van der Waals surface area contributed by atoms with Gasteiger partial charge in [-0.2, -0.15) is 4.98 Å². The van der Waals surface area contributed by atoms with Crippen LogP contribution < -0.4 is 5.73 Å². The fourth-order valence-electron chi connectivity index (χ4n) is 3.17. The van der Waals surface area contributed by atoms with Gasteiger partial charge in [0, 0.05) is 0 Å². The van der Waals surface area contributed by atoms with Crippen LogP contribution in [0.3, 0.4) is 0 Å². The van der Waals surface area contributed by atoms with Crippen LogP contribution in [0.15, 0.2) is 15.0 Å². The second kappa shape index (κ2) is 4.74. The van der Waals surface area contributed by atoms with Gasteiger partial charge in [-0.05, 0) is 38.7 Å². The van der Waals surface area contributed by atoms with Gasteiger partial charge in [0.05, 0.1) is 11.1 Å². The van der Waals surface area contributed by atoms with Gasteiger partial charge in [-0.15, -0.1) is 0 Å². The van der Waals surface area contributed by atoms with Gasteiger partial charge in [0.25, 0.3) is 5.89 Å². The van der Waals surface area contributed by atoms with Crippen molar-refractivity contribution in [3.05, 3.63) is 23.4 Å². The number of rotatable bonds is 2. The minimum Gasteiger partial charge on any atom is -0.466 e. The molecule has 2 aromatic rings. The van der Waals surface area contributed by atoms with Crippen LogP contribution in [0.25, 0.3) is 11.5 Å². The summed E-state index contributed by atoms with van der Waals surface area (Å²) in [6.45, 7) is 6.03. The zero-order valence-electron chi connectivity index (χ0n) is 12.3. The molecule has 0 spiro atoms. The Morgan fingerprint density at radius 3 is 2.85 bits per heavy atom. The summed E-state index contributed by atoms with van der Waals surface area (Å²) < 4.78 is 10.9. The van der Waals surface area contributed by atoms with Gasteiger partial charge < -0.3 is 14.7 Å². The first-order valence-electron chi connectivity index (χ1n) is 7.18. The first-order chi connectivity index (χ1) is 9.48. The van der Waals surface area contributed by atoms with Crippen LogP contribution in [-0.4, -0.2) is 10.1 Å². The maximum Gasteiger partial charge on any atom is 0.261 e. The van der Waals surface area contributed by atoms with E-state index in [0.29, 0.717) is 17.6 Å². The van der Waals surface area contributed by atoms with Crippen LogP contribution in [-0.2, 0) is 5.54 Å². The summed E-state index contributed by atoms with van der Waals surface area (Å²) in [7, 11) is 0. The number of nitrogens with two attached hydrogens (primary N) is 1. The van der Waals surface area contributed by atoms with Crippen molar-refractivity contribution >= 4 is 0 Å². The Morgan fingerprint density at radius 1 is 1.40 bits per heavy atom. The van der Waals surface area contributed by atoms with E-state index in [4.69, 9.17) is 14.7 Å². The Kier molecular flexibility index (Phi) is 3.17. The summed E-state index contributed by atoms with van der Waals surface area (Å²) in [4.78, 5) is 4.52. The Hall–Kier alpha value is -1.62. The van der Waals surface area contributed by atoms with Crippen LogP contribution >= 0.6 is 0 Å². The molecular formula is C15H21N3O2. The lowest BCUT2D eigenvalue weighted by Crippen LogP contribution is -2.42. The highest BCUT2D eigenvalue weighted by molar-refractivity contribution is 5.56. The smallest absolute Gasteiger partial charge is 0.261 e. The molecule has 1 fully saturated rings. The van der Waals surface area contributed by atoms with Crippen molar-refractivity contribution in [1.29, 1.82) is 0 Å². The van der Waals surface area contributed by atoms with Crippen molar-refractivity contribution in [2.45, 2.75) is 52.0 Å². The topological polar surface area (TPSA) is 78.1 Å². The molecular weight excluding hydrogens is 254 g/mol. The highest BCUT2D eigenvalue weighted by Gasteiger charge is 2.37. The molecule has 0 amide bonds. The molecule has 0 aliphatic heterocycles. The van der Waals surface area contributed by atoms with Gasteiger partial charge in [-0.25, -0.2) is 0 Å². The van der Waals surface area contributed by atoms with E-state index in [0.717, 1.165) is 36.3 Å². The second-order valence-corrected chi connectivity index (χ2v) is 6.11. The molecule has 3 rings (SSSR count). The highest BCUT2D eigenvalue weighted by Crippen LogP contribution is 2.37. The maximum atomic E-state index is 6.50. The quantitative estimate of drug-likeness (QED) is 0.909. The lowest BCUT2D eigenvalue weighted by Gasteiger charge is -2.33. The first-order valence-corrected chi connectivity index (χ1v) is 7.18. The van der Waals surface area contributed by atoms with Crippen molar-refractivity contribution < 1.29 is 8.94 Å². The molecule has 20 heavy (non-hydrogen) atoms. The Balaban J connectivity index is 1.92. The van der Waals surface area contributed by atoms with E-state index in [-0.39, 0.29) is 0 Å². The highest BCUT2D eigenvalue weighted by atomic mass is 16.5. The van der Waals surface area contributed by atoms with Crippen molar-refractivity contribution in [1.82, 2.24) is 10.1 Å². The molecule has 0 saturated heterocycles. The summed E-state index contributed by atoms with van der Waals surface area (Å²) in [5.74, 6) is 3.36. The number of nitrogens with zero attached hydrogens (tertiary/aromatic N) is 2. The van der Waals surface area contributed by atoms with Crippen LogP contribution in [0.4, 0.5) is 0 Å². The summed E-state index contributed by atoms with van der Waals surface area (Å²) in [6.07, 6.45) is 4.17. The molecule has 0 aromatic carbocycles. The van der Waals surface area contributed by atoms with Gasteiger partial charge in [0.15, 0.2) is 5.82 Å². The Labute approximate surface area is 118 Å². The normalized spacial score (nSPS) is 26.9. The zero-order chi connectivity index (χ0) is 14.3. The number of aryl methyl sites for hydroxylation is 2. The molecule has 2 N–H and O–H groups in total. The molecule has 0 radical (unpaired) electrons. The molecule has 1 aliphatic rings. The summed E-state index contributed by atoms with van der Waals surface area (Å²) >= 11 is 0. The van der Waals surface area contributed by atoms with Gasteiger partial charge in [0.1, 0.15) is 11.5 Å². The third kappa shape index (κ3) is 2.26. The average molecular weight is 275 g/mol. The van der Waals surface area contributed by atoms with Crippen LogP contribution in [0.5, 0.6) is 0 Å². The zero-order valence-corrected chi connectivity index (χ0v) is 12.3. The predicted octanol–water partition coefficient (Wildman–Crippen LogP) is 3.31. The minimum atomic E-state index is -0.452. The molecule has 0 bridgehead atoms. The summed E-state index contributed by atoms with van der Waals surface area (Å²) in [6, 6.07) is 1.92. The summed E-state index contributed by atoms with van der Waals surface area (Å²) in [5, 5.41) is 4.12. The molecule has 2 unspecified atom stereocenters. The van der Waals surface area contributed by atoms with Crippen LogP contribution in [0.2, 0.25) is 0 Å². The first kappa shape index (κ1) is 13.4. The van der Waals surface area contributed by atoms with Crippen molar-refractivity contribution in [2.24, 2.45) is 11.7 Å². The van der Waals surface area contributed by atoms with Crippen LogP contribution in [0, 0.1) is 19.8 Å². The van der Waals surface area contributed by atoms with Gasteiger partial charge in [0.2, 0.25) is 0 Å². The molecule has 1 aliphatic carbocycles. The molecule has 108 valence electrons. The third-order valence-electron chi connectivity index (χ3n) is 4.18. The van der Waals surface area contributed by atoms with E-state index < -0.39 is 5.54 Å². The van der Waals surface area contributed by atoms with E-state index in [1.54, 1.807) is 0 Å². The fourth-order valence-corrected chi connectivity index (χ4v) is 3.17.